The second-order valence-corrected chi connectivity index (χ2v) is 4.90. The third-order valence-electron chi connectivity index (χ3n) is 2.85. The molecule has 0 bridgehead atoms. The zero-order chi connectivity index (χ0) is 15.8. The predicted molar refractivity (Wildman–Crippen MR) is 95.1 cm³/mol. The fourth-order valence-corrected chi connectivity index (χ4v) is 2.13. The predicted octanol–water partition coefficient (Wildman–Crippen LogP) is 4.29. The van der Waals surface area contributed by atoms with Crippen molar-refractivity contribution < 1.29 is 46.3 Å². The van der Waals surface area contributed by atoms with Crippen LogP contribution in [0.2, 0.25) is 0 Å². The molecule has 23 heavy (non-hydrogen) atoms. The normalized spacial score (nSPS) is 9.48. The molecule has 0 aliphatic rings. The van der Waals surface area contributed by atoms with E-state index in [0.717, 1.165) is 22.9 Å². The van der Waals surface area contributed by atoms with Crippen LogP contribution in [0.1, 0.15) is 13.8 Å². The third kappa shape index (κ3) is 6.94. The molecule has 2 N–H and O–H groups in total. The van der Waals surface area contributed by atoms with E-state index in [1.165, 1.54) is 0 Å². The van der Waals surface area contributed by atoms with Gasteiger partial charge in [-0.1, -0.05) is 0 Å². The van der Waals surface area contributed by atoms with E-state index in [2.05, 4.69) is 10.6 Å². The van der Waals surface area contributed by atoms with Crippen molar-refractivity contribution in [1.29, 1.82) is 0 Å². The molecule has 0 saturated heterocycles. The van der Waals surface area contributed by atoms with Gasteiger partial charge in [0.25, 0.3) is 0 Å². The van der Waals surface area contributed by atoms with Gasteiger partial charge in [-0.05, 0) is 74.6 Å². The molecule has 6 heteroatoms. The maximum absolute atomic E-state index is 5.40. The van der Waals surface area contributed by atoms with Crippen molar-refractivity contribution in [2.75, 3.05) is 23.8 Å². The van der Waals surface area contributed by atoms with Crippen molar-refractivity contribution in [3.63, 3.8) is 0 Å². The van der Waals surface area contributed by atoms with E-state index < -0.39 is 0 Å². The average molecular weight is 485 g/mol. The molecule has 2 aromatic rings. The van der Waals surface area contributed by atoms with E-state index in [0.29, 0.717) is 18.3 Å². The van der Waals surface area contributed by atoms with E-state index in [1.54, 1.807) is 0 Å². The summed E-state index contributed by atoms with van der Waals surface area (Å²) in [5, 5.41) is 6.80. The Hall–Kier alpha value is -1.04. The summed E-state index contributed by atoms with van der Waals surface area (Å²) in [5.41, 5.74) is 1.82. The Kier molecular flexibility index (Phi) is 9.30. The molecule has 129 valence electrons. The van der Waals surface area contributed by atoms with E-state index in [4.69, 9.17) is 21.7 Å². The third-order valence-corrected chi connectivity index (χ3v) is 3.05. The maximum Gasteiger partial charge on any atom is 0.175 e. The van der Waals surface area contributed by atoms with Crippen LogP contribution < -0.4 is 20.1 Å². The van der Waals surface area contributed by atoms with Gasteiger partial charge in [0.15, 0.2) is 5.11 Å². The average Bonchev–Trinajstić information content (AvgIpc) is 2.52. The summed E-state index contributed by atoms with van der Waals surface area (Å²) < 4.78 is 10.8. The van der Waals surface area contributed by atoms with Gasteiger partial charge in [-0.2, -0.15) is 0 Å². The number of thiocarbonyl (C=S) groups is 1. The summed E-state index contributed by atoms with van der Waals surface area (Å²) in [4.78, 5) is 0. The molecular weight excluding hydrogens is 465 g/mol. The van der Waals surface area contributed by atoms with Crippen molar-refractivity contribution in [2.24, 2.45) is 0 Å². The van der Waals surface area contributed by atoms with Gasteiger partial charge in [-0.3, -0.25) is 0 Å². The van der Waals surface area contributed by atoms with Crippen LogP contribution in [0.4, 0.5) is 11.4 Å². The summed E-state index contributed by atoms with van der Waals surface area (Å²) in [7, 11) is 0. The quantitative estimate of drug-likeness (QED) is 0.598. The number of nitrogens with one attached hydrogen (secondary N) is 2. The van der Waals surface area contributed by atoms with Crippen LogP contribution in [-0.4, -0.2) is 18.3 Å². The zero-order valence-electron chi connectivity index (χ0n) is 13.0. The Morgan fingerprint density at radius 1 is 0.783 bits per heavy atom. The van der Waals surface area contributed by atoms with Crippen molar-refractivity contribution in [3.8, 4) is 11.5 Å². The molecule has 0 spiro atoms. The molecule has 4 nitrogen and oxygen atoms in total. The minimum Gasteiger partial charge on any atom is -0.494 e. The fourth-order valence-electron chi connectivity index (χ4n) is 1.90. The Morgan fingerprint density at radius 2 is 1.13 bits per heavy atom. The van der Waals surface area contributed by atoms with Gasteiger partial charge in [0, 0.05) is 48.2 Å². The Balaban J connectivity index is 0.00000264. The summed E-state index contributed by atoms with van der Waals surface area (Å²) >= 11 is 5.30. The molecule has 0 heterocycles. The van der Waals surface area contributed by atoms with Crippen molar-refractivity contribution in [3.05, 3.63) is 48.5 Å². The summed E-state index contributed by atoms with van der Waals surface area (Å²) in [6.07, 6.45) is 0. The monoisotopic (exact) mass is 485 g/mol. The first-order valence-corrected chi connectivity index (χ1v) is 7.65. The Bertz CT molecular complexity index is 549. The van der Waals surface area contributed by atoms with Gasteiger partial charge in [-0.25, -0.2) is 0 Å². The molecule has 0 fully saturated rings. The van der Waals surface area contributed by atoms with Crippen LogP contribution >= 0.6 is 12.2 Å². The molecule has 0 unspecified atom stereocenters. The van der Waals surface area contributed by atoms with Crippen LogP contribution in [0.25, 0.3) is 0 Å². The van der Waals surface area contributed by atoms with Crippen LogP contribution in [0.3, 0.4) is 0 Å². The largest absolute Gasteiger partial charge is 0.494 e. The van der Waals surface area contributed by atoms with E-state index in [9.17, 15) is 0 Å². The van der Waals surface area contributed by atoms with Crippen molar-refractivity contribution in [1.82, 2.24) is 0 Å². The number of benzene rings is 2. The molecule has 0 aliphatic carbocycles. The number of rotatable bonds is 6. The minimum absolute atomic E-state index is 0. The Labute approximate surface area is 171 Å². The number of ether oxygens (including phenoxy) is 2. The first-order chi connectivity index (χ1) is 10.7. The number of hydrogen-bond acceptors (Lipinski definition) is 3. The maximum atomic E-state index is 5.40. The summed E-state index contributed by atoms with van der Waals surface area (Å²) in [6, 6.07) is 15.3. The first kappa shape index (κ1) is 20.0. The molecule has 0 saturated carbocycles. The zero-order valence-corrected chi connectivity index (χ0v) is 15.6. The van der Waals surface area contributed by atoms with Crippen LogP contribution in [0.5, 0.6) is 11.5 Å². The topological polar surface area (TPSA) is 42.5 Å². The second kappa shape index (κ2) is 10.7. The number of anilines is 2. The van der Waals surface area contributed by atoms with E-state index >= 15 is 0 Å². The standard InChI is InChI=1S/C17H20N2O2S.Tm/c1-3-20-15-9-5-13(6-10-15)18-17(22)19-14-7-11-16(12-8-14)21-4-2;/h5-12H,3-4H2,1-2H3,(H2,18,19,22);. The smallest absolute Gasteiger partial charge is 0.175 e. The molecular formula is C17H20N2O2STm. The van der Waals surface area contributed by atoms with Gasteiger partial charge in [-0.15, -0.1) is 0 Å². The molecule has 0 aromatic heterocycles. The van der Waals surface area contributed by atoms with Gasteiger partial charge in [0.2, 0.25) is 0 Å². The van der Waals surface area contributed by atoms with Crippen molar-refractivity contribution >= 4 is 28.7 Å². The second-order valence-electron chi connectivity index (χ2n) is 4.49. The minimum atomic E-state index is 0. The SMILES string of the molecule is CCOc1ccc(NC(=S)Nc2ccc(OCC)cc2)cc1.[Tm]. The summed E-state index contributed by atoms with van der Waals surface area (Å²) in [6.45, 7) is 5.24. The molecule has 0 aliphatic heterocycles. The Morgan fingerprint density at radius 3 is 1.43 bits per heavy atom. The molecule has 2 aromatic carbocycles. The molecule has 1 radical (unpaired) electrons. The molecule has 0 amide bonds. The van der Waals surface area contributed by atoms with Crippen LogP contribution in [0.15, 0.2) is 48.5 Å². The van der Waals surface area contributed by atoms with Gasteiger partial charge < -0.3 is 20.1 Å². The van der Waals surface area contributed by atoms with Crippen LogP contribution in [0, 0.1) is 36.9 Å². The van der Waals surface area contributed by atoms with Gasteiger partial charge in [0.1, 0.15) is 11.5 Å². The first-order valence-electron chi connectivity index (χ1n) is 7.25. The van der Waals surface area contributed by atoms with Crippen molar-refractivity contribution in [2.45, 2.75) is 13.8 Å². The summed E-state index contributed by atoms with van der Waals surface area (Å²) in [5.74, 6) is 1.69. The van der Waals surface area contributed by atoms with E-state index in [1.807, 2.05) is 62.4 Å². The van der Waals surface area contributed by atoms with Crippen LogP contribution in [-0.2, 0) is 0 Å². The molecule has 2 rings (SSSR count). The van der Waals surface area contributed by atoms with E-state index in [-0.39, 0.29) is 36.9 Å². The fraction of sp³-hybridized carbons (Fsp3) is 0.235. The number of hydrogen-bond donors (Lipinski definition) is 2. The molecule has 0 atom stereocenters. The van der Waals surface area contributed by atoms with Gasteiger partial charge >= 0.3 is 0 Å². The van der Waals surface area contributed by atoms with Gasteiger partial charge in [0.05, 0.1) is 13.2 Å².